The zero-order valence-electron chi connectivity index (χ0n) is 15.0. The molecule has 0 bridgehead atoms. The third-order valence-corrected chi connectivity index (χ3v) is 5.62. The van der Waals surface area contributed by atoms with E-state index in [9.17, 15) is 9.59 Å². The Labute approximate surface area is 167 Å². The Morgan fingerprint density at radius 1 is 1.22 bits per heavy atom. The SMILES string of the molecule is CC(Sc1n[nH]c(-c2ccc(Cl)cc2)n1)C(=O)NC(=O)NC1CCCCC1. The van der Waals surface area contributed by atoms with E-state index in [1.54, 1.807) is 19.1 Å². The molecule has 1 aromatic carbocycles. The number of halogens is 1. The van der Waals surface area contributed by atoms with E-state index in [0.29, 0.717) is 16.0 Å². The summed E-state index contributed by atoms with van der Waals surface area (Å²) in [4.78, 5) is 28.6. The summed E-state index contributed by atoms with van der Waals surface area (Å²) in [6.45, 7) is 1.71. The third-order valence-electron chi connectivity index (χ3n) is 4.41. The van der Waals surface area contributed by atoms with Gasteiger partial charge in [0.15, 0.2) is 5.82 Å². The van der Waals surface area contributed by atoms with Gasteiger partial charge in [-0.2, -0.15) is 0 Å². The van der Waals surface area contributed by atoms with Crippen LogP contribution in [0.15, 0.2) is 29.4 Å². The van der Waals surface area contributed by atoms with Gasteiger partial charge in [-0.1, -0.05) is 42.6 Å². The van der Waals surface area contributed by atoms with Gasteiger partial charge in [0, 0.05) is 16.6 Å². The lowest BCUT2D eigenvalue weighted by atomic mass is 9.96. The average Bonchev–Trinajstić information content (AvgIpc) is 3.11. The smallest absolute Gasteiger partial charge is 0.321 e. The molecule has 0 saturated heterocycles. The maximum Gasteiger partial charge on any atom is 0.321 e. The van der Waals surface area contributed by atoms with Gasteiger partial charge in [0.25, 0.3) is 0 Å². The second kappa shape index (κ2) is 9.23. The lowest BCUT2D eigenvalue weighted by Gasteiger charge is -2.22. The minimum absolute atomic E-state index is 0.157. The number of aromatic amines is 1. The minimum Gasteiger partial charge on any atom is -0.335 e. The largest absolute Gasteiger partial charge is 0.335 e. The molecule has 2 aromatic rings. The molecular weight excluding hydrogens is 386 g/mol. The molecule has 1 heterocycles. The predicted octanol–water partition coefficient (Wildman–Crippen LogP) is 3.76. The quantitative estimate of drug-likeness (QED) is 0.655. The number of aromatic nitrogens is 3. The number of amides is 3. The van der Waals surface area contributed by atoms with Crippen LogP contribution in [0, 0.1) is 0 Å². The fourth-order valence-corrected chi connectivity index (χ4v) is 3.78. The molecule has 3 N–H and O–H groups in total. The van der Waals surface area contributed by atoms with Crippen LogP contribution in [0.2, 0.25) is 5.02 Å². The third kappa shape index (κ3) is 5.71. The highest BCUT2D eigenvalue weighted by Gasteiger charge is 2.21. The summed E-state index contributed by atoms with van der Waals surface area (Å²) >= 11 is 7.07. The molecule has 0 aliphatic heterocycles. The van der Waals surface area contributed by atoms with Gasteiger partial charge in [0.05, 0.1) is 5.25 Å². The molecule has 1 aromatic heterocycles. The second-order valence-corrected chi connectivity index (χ2v) is 8.28. The van der Waals surface area contributed by atoms with Gasteiger partial charge >= 0.3 is 6.03 Å². The molecule has 3 rings (SSSR count). The van der Waals surface area contributed by atoms with Crippen LogP contribution in [0.25, 0.3) is 11.4 Å². The van der Waals surface area contributed by atoms with Crippen molar-refractivity contribution < 1.29 is 9.59 Å². The van der Waals surface area contributed by atoms with E-state index < -0.39 is 11.3 Å². The van der Waals surface area contributed by atoms with Crippen molar-refractivity contribution >= 4 is 35.3 Å². The number of hydrogen-bond acceptors (Lipinski definition) is 5. The number of H-pyrrole nitrogens is 1. The molecule has 1 saturated carbocycles. The predicted molar refractivity (Wildman–Crippen MR) is 106 cm³/mol. The number of nitrogens with one attached hydrogen (secondary N) is 3. The molecular formula is C18H22ClN5O2S. The minimum atomic E-state index is -0.504. The molecule has 3 amide bonds. The van der Waals surface area contributed by atoms with E-state index in [1.807, 2.05) is 12.1 Å². The highest BCUT2D eigenvalue weighted by molar-refractivity contribution is 8.00. The first-order valence-electron chi connectivity index (χ1n) is 8.97. The van der Waals surface area contributed by atoms with Crippen molar-refractivity contribution in [3.05, 3.63) is 29.3 Å². The molecule has 144 valence electrons. The van der Waals surface area contributed by atoms with Crippen molar-refractivity contribution in [3.63, 3.8) is 0 Å². The van der Waals surface area contributed by atoms with Gasteiger partial charge in [0.2, 0.25) is 11.1 Å². The van der Waals surface area contributed by atoms with E-state index in [2.05, 4.69) is 25.8 Å². The van der Waals surface area contributed by atoms with Crippen molar-refractivity contribution in [2.75, 3.05) is 0 Å². The topological polar surface area (TPSA) is 99.8 Å². The first-order chi connectivity index (χ1) is 13.0. The molecule has 9 heteroatoms. The first-order valence-corrected chi connectivity index (χ1v) is 10.2. The summed E-state index contributed by atoms with van der Waals surface area (Å²) in [5.74, 6) is 0.225. The Balaban J connectivity index is 1.50. The number of carbonyl (C=O) groups is 2. The van der Waals surface area contributed by atoms with Crippen LogP contribution in [-0.2, 0) is 4.79 Å². The van der Waals surface area contributed by atoms with E-state index in [1.165, 1.54) is 18.2 Å². The van der Waals surface area contributed by atoms with Crippen molar-refractivity contribution in [3.8, 4) is 11.4 Å². The second-order valence-electron chi connectivity index (χ2n) is 6.53. The zero-order valence-corrected chi connectivity index (χ0v) is 16.6. The number of thioether (sulfide) groups is 1. The monoisotopic (exact) mass is 407 g/mol. The van der Waals surface area contributed by atoms with Crippen LogP contribution in [-0.4, -0.2) is 38.4 Å². The van der Waals surface area contributed by atoms with E-state index in [-0.39, 0.29) is 11.9 Å². The number of imide groups is 1. The fourth-order valence-electron chi connectivity index (χ4n) is 2.93. The summed E-state index contributed by atoms with van der Waals surface area (Å²) < 4.78 is 0. The maximum atomic E-state index is 12.2. The summed E-state index contributed by atoms with van der Waals surface area (Å²) in [7, 11) is 0. The summed E-state index contributed by atoms with van der Waals surface area (Å²) in [5, 5.41) is 12.8. The lowest BCUT2D eigenvalue weighted by molar-refractivity contribution is -0.119. The van der Waals surface area contributed by atoms with Gasteiger partial charge in [-0.05, 0) is 44.0 Å². The number of urea groups is 1. The lowest BCUT2D eigenvalue weighted by Crippen LogP contribution is -2.47. The van der Waals surface area contributed by atoms with Crippen LogP contribution in [0.4, 0.5) is 4.79 Å². The highest BCUT2D eigenvalue weighted by Crippen LogP contribution is 2.23. The van der Waals surface area contributed by atoms with Crippen molar-refractivity contribution in [1.29, 1.82) is 0 Å². The Morgan fingerprint density at radius 3 is 2.63 bits per heavy atom. The molecule has 0 spiro atoms. The molecule has 1 atom stereocenters. The number of benzene rings is 1. The first kappa shape index (κ1) is 19.7. The Hall–Kier alpha value is -2.06. The standard InChI is InChI=1S/C18H22ClN5O2S/c1-11(16(25)22-17(26)20-14-5-3-2-4-6-14)27-18-21-15(23-24-18)12-7-9-13(19)10-8-12/h7-11,14H,2-6H2,1H3,(H,21,23,24)(H2,20,22,25,26). The van der Waals surface area contributed by atoms with E-state index in [0.717, 1.165) is 31.2 Å². The van der Waals surface area contributed by atoms with Gasteiger partial charge in [-0.15, -0.1) is 5.10 Å². The van der Waals surface area contributed by atoms with Crippen LogP contribution in [0.1, 0.15) is 39.0 Å². The van der Waals surface area contributed by atoms with Gasteiger partial charge in [0.1, 0.15) is 0 Å². The Kier molecular flexibility index (Phi) is 6.73. The van der Waals surface area contributed by atoms with Crippen molar-refractivity contribution in [2.45, 2.75) is 55.5 Å². The zero-order chi connectivity index (χ0) is 19.2. The van der Waals surface area contributed by atoms with Crippen molar-refractivity contribution in [2.24, 2.45) is 0 Å². The van der Waals surface area contributed by atoms with Crippen LogP contribution in [0.5, 0.6) is 0 Å². The number of carbonyl (C=O) groups excluding carboxylic acids is 2. The molecule has 0 radical (unpaired) electrons. The average molecular weight is 408 g/mol. The molecule has 1 aliphatic carbocycles. The number of hydrogen-bond donors (Lipinski definition) is 3. The van der Waals surface area contributed by atoms with E-state index >= 15 is 0 Å². The number of nitrogens with zero attached hydrogens (tertiary/aromatic N) is 2. The van der Waals surface area contributed by atoms with Gasteiger partial charge in [-0.25, -0.2) is 9.78 Å². The molecule has 1 unspecified atom stereocenters. The van der Waals surface area contributed by atoms with Gasteiger partial charge < -0.3 is 5.32 Å². The molecule has 1 fully saturated rings. The maximum absolute atomic E-state index is 12.2. The summed E-state index contributed by atoms with van der Waals surface area (Å²) in [6, 6.07) is 6.94. The number of rotatable bonds is 5. The Bertz CT molecular complexity index is 789. The molecule has 7 nitrogen and oxygen atoms in total. The summed E-state index contributed by atoms with van der Waals surface area (Å²) in [5.41, 5.74) is 0.850. The fraction of sp³-hybridized carbons (Fsp3) is 0.444. The van der Waals surface area contributed by atoms with Gasteiger partial charge in [-0.3, -0.25) is 15.2 Å². The van der Waals surface area contributed by atoms with Crippen LogP contribution < -0.4 is 10.6 Å². The normalized spacial score (nSPS) is 15.9. The van der Waals surface area contributed by atoms with Crippen molar-refractivity contribution in [1.82, 2.24) is 25.8 Å². The Morgan fingerprint density at radius 2 is 1.93 bits per heavy atom. The van der Waals surface area contributed by atoms with Crippen LogP contribution >= 0.6 is 23.4 Å². The van der Waals surface area contributed by atoms with E-state index in [4.69, 9.17) is 11.6 Å². The molecule has 27 heavy (non-hydrogen) atoms. The highest BCUT2D eigenvalue weighted by atomic mass is 35.5. The molecule has 1 aliphatic rings. The van der Waals surface area contributed by atoms with Crippen LogP contribution in [0.3, 0.4) is 0 Å². The summed E-state index contributed by atoms with van der Waals surface area (Å²) in [6.07, 6.45) is 5.38.